The minimum absolute atomic E-state index is 0.576. The van der Waals surface area contributed by atoms with E-state index >= 15 is 0 Å². The number of fused-ring (bicyclic) bond motifs is 6. The second-order valence-corrected chi connectivity index (χ2v) is 10.8. The predicted octanol–water partition coefficient (Wildman–Crippen LogP) is 8.40. The highest BCUT2D eigenvalue weighted by Gasteiger charge is 2.16. The Morgan fingerprint density at radius 1 is 0.524 bits per heavy atom. The van der Waals surface area contributed by atoms with Gasteiger partial charge in [0.05, 0.1) is 29.5 Å². The van der Waals surface area contributed by atoms with E-state index in [2.05, 4.69) is 136 Å². The maximum Gasteiger partial charge on any atom is 0.150 e. The summed E-state index contributed by atoms with van der Waals surface area (Å²) >= 11 is 0. The van der Waals surface area contributed by atoms with Crippen LogP contribution in [0, 0.1) is 0 Å². The lowest BCUT2D eigenvalue weighted by atomic mass is 10.1. The molecule has 0 aliphatic heterocycles. The molecule has 0 amide bonds. The van der Waals surface area contributed by atoms with E-state index in [1.807, 2.05) is 12.4 Å². The molecule has 8 aromatic rings. The van der Waals surface area contributed by atoms with Crippen LogP contribution in [0.2, 0.25) is 0 Å². The average Bonchev–Trinajstić information content (AvgIpc) is 3.54. The first-order valence-electron chi connectivity index (χ1n) is 14.4. The van der Waals surface area contributed by atoms with E-state index in [0.717, 1.165) is 35.6 Å². The lowest BCUT2D eigenvalue weighted by Gasteiger charge is -2.12. The number of anilines is 1. The third-order valence-corrected chi connectivity index (χ3v) is 8.20. The highest BCUT2D eigenvalue weighted by atomic mass is 15.1. The zero-order valence-electron chi connectivity index (χ0n) is 23.1. The van der Waals surface area contributed by atoms with Gasteiger partial charge in [0.25, 0.3) is 0 Å². The molecular formula is C37H29N5. The van der Waals surface area contributed by atoms with Crippen LogP contribution in [0.1, 0.15) is 16.8 Å². The van der Waals surface area contributed by atoms with Crippen molar-refractivity contribution in [1.29, 1.82) is 0 Å². The zero-order valence-corrected chi connectivity index (χ0v) is 23.1. The van der Waals surface area contributed by atoms with Gasteiger partial charge in [-0.3, -0.25) is 4.98 Å². The van der Waals surface area contributed by atoms with Crippen LogP contribution in [0.3, 0.4) is 0 Å². The summed E-state index contributed by atoms with van der Waals surface area (Å²) in [5.41, 5.74) is 8.20. The minimum Gasteiger partial charge on any atom is -0.363 e. The predicted molar refractivity (Wildman–Crippen MR) is 173 cm³/mol. The molecule has 0 bridgehead atoms. The summed E-state index contributed by atoms with van der Waals surface area (Å²) in [4.78, 5) is 9.73. The molecule has 0 unspecified atom stereocenters. The molecule has 1 N–H and O–H groups in total. The van der Waals surface area contributed by atoms with Gasteiger partial charge in [-0.25, -0.2) is 4.98 Å². The second kappa shape index (κ2) is 10.2. The largest absolute Gasteiger partial charge is 0.363 e. The summed E-state index contributed by atoms with van der Waals surface area (Å²) in [6.45, 7) is 2.16. The number of nitrogens with zero attached hydrogens (tertiary/aromatic N) is 4. The topological polar surface area (TPSA) is 47.7 Å². The summed E-state index contributed by atoms with van der Waals surface area (Å²) in [5, 5.41) is 8.55. The van der Waals surface area contributed by atoms with Crippen LogP contribution >= 0.6 is 0 Å². The van der Waals surface area contributed by atoms with Gasteiger partial charge < -0.3 is 14.5 Å². The molecule has 0 spiro atoms. The smallest absolute Gasteiger partial charge is 0.150 e. The first-order valence-corrected chi connectivity index (χ1v) is 14.4. The van der Waals surface area contributed by atoms with Crippen molar-refractivity contribution in [1.82, 2.24) is 19.1 Å². The number of nitrogens with one attached hydrogen (secondary N) is 1. The summed E-state index contributed by atoms with van der Waals surface area (Å²) in [6.07, 6.45) is 3.92. The van der Waals surface area contributed by atoms with E-state index in [-0.39, 0.29) is 0 Å². The number of pyridine rings is 2. The number of hydrogen-bond acceptors (Lipinski definition) is 3. The highest BCUT2D eigenvalue weighted by Crippen LogP contribution is 2.34. The quantitative estimate of drug-likeness (QED) is 0.220. The van der Waals surface area contributed by atoms with Crippen molar-refractivity contribution in [2.45, 2.75) is 19.6 Å². The minimum atomic E-state index is 0.576. The molecular weight excluding hydrogens is 514 g/mol. The number of hydrogen-bond donors (Lipinski definition) is 1. The Balaban J connectivity index is 1.18. The van der Waals surface area contributed by atoms with Crippen molar-refractivity contribution in [2.75, 3.05) is 5.32 Å². The van der Waals surface area contributed by atoms with Crippen LogP contribution in [-0.4, -0.2) is 19.1 Å². The fourth-order valence-electron chi connectivity index (χ4n) is 6.26. The summed E-state index contributed by atoms with van der Waals surface area (Å²) in [5.74, 6) is 0.869. The number of para-hydroxylation sites is 2. The first-order chi connectivity index (χ1) is 20.8. The Kier molecular flexibility index (Phi) is 5.92. The molecule has 0 radical (unpaired) electrons. The maximum absolute atomic E-state index is 4.91. The first kappa shape index (κ1) is 24.4. The van der Waals surface area contributed by atoms with Crippen molar-refractivity contribution in [2.24, 2.45) is 0 Å². The molecule has 4 aromatic heterocycles. The highest BCUT2D eigenvalue weighted by molar-refractivity contribution is 6.11. The van der Waals surface area contributed by atoms with Crippen LogP contribution in [0.15, 0.2) is 134 Å². The fraction of sp³-hybridized carbons (Fsp3) is 0.0811. The Labute approximate surface area is 243 Å². The molecule has 4 aromatic carbocycles. The van der Waals surface area contributed by atoms with Gasteiger partial charge in [0.1, 0.15) is 0 Å². The van der Waals surface area contributed by atoms with Crippen molar-refractivity contribution in [3.63, 3.8) is 0 Å². The summed E-state index contributed by atoms with van der Waals surface area (Å²) < 4.78 is 4.75. The SMILES string of the molecule is c1ccc(Cn2c3ccccc3c3cc(CNc4nccc5c6ccccc6n(Cc6ccccc6)c45)ncc32)cc1. The Bertz CT molecular complexity index is 2190. The van der Waals surface area contributed by atoms with E-state index in [0.29, 0.717) is 6.54 Å². The standard InChI is InChI=1S/C37H29N5/c1-3-11-26(12-4-1)24-41-33-17-9-8-16-30(33)32-21-28(39-23-35(32)41)22-40-37-36-31(19-20-38-37)29-15-7-10-18-34(29)42(36)25-27-13-5-2-6-14-27/h1-21,23H,22,24-25H2,(H,38,40). The molecule has 0 saturated heterocycles. The van der Waals surface area contributed by atoms with Crippen molar-refractivity contribution in [3.8, 4) is 0 Å². The summed E-state index contributed by atoms with van der Waals surface area (Å²) in [6, 6.07) is 42.8. The lowest BCUT2D eigenvalue weighted by molar-refractivity contribution is 0.863. The average molecular weight is 544 g/mol. The molecule has 0 aliphatic rings. The van der Waals surface area contributed by atoms with E-state index in [9.17, 15) is 0 Å². The van der Waals surface area contributed by atoms with Crippen LogP contribution in [0.25, 0.3) is 43.6 Å². The van der Waals surface area contributed by atoms with Gasteiger partial charge in [-0.15, -0.1) is 0 Å². The van der Waals surface area contributed by atoms with E-state index in [1.54, 1.807) is 0 Å². The van der Waals surface area contributed by atoms with Gasteiger partial charge in [-0.1, -0.05) is 97.1 Å². The van der Waals surface area contributed by atoms with Gasteiger partial charge in [0.2, 0.25) is 0 Å². The number of rotatable bonds is 7. The summed E-state index contributed by atoms with van der Waals surface area (Å²) in [7, 11) is 0. The molecule has 0 saturated carbocycles. The van der Waals surface area contributed by atoms with Gasteiger partial charge in [-0.2, -0.15) is 0 Å². The molecule has 202 valence electrons. The second-order valence-electron chi connectivity index (χ2n) is 10.8. The molecule has 0 fully saturated rings. The lowest BCUT2D eigenvalue weighted by Crippen LogP contribution is -2.07. The monoisotopic (exact) mass is 543 g/mol. The van der Waals surface area contributed by atoms with Gasteiger partial charge in [0, 0.05) is 51.9 Å². The third-order valence-electron chi connectivity index (χ3n) is 8.20. The molecule has 0 atom stereocenters. The van der Waals surface area contributed by atoms with Crippen LogP contribution < -0.4 is 5.32 Å². The van der Waals surface area contributed by atoms with E-state index in [4.69, 9.17) is 9.97 Å². The van der Waals surface area contributed by atoms with Gasteiger partial charge in [-0.05, 0) is 35.4 Å². The maximum atomic E-state index is 4.91. The Morgan fingerprint density at radius 2 is 1.12 bits per heavy atom. The molecule has 5 heteroatoms. The van der Waals surface area contributed by atoms with Crippen molar-refractivity contribution >= 4 is 49.4 Å². The Morgan fingerprint density at radius 3 is 1.83 bits per heavy atom. The Hall–Kier alpha value is -5.42. The molecule has 4 heterocycles. The molecule has 5 nitrogen and oxygen atoms in total. The van der Waals surface area contributed by atoms with E-state index in [1.165, 1.54) is 43.7 Å². The molecule has 42 heavy (non-hydrogen) atoms. The number of benzene rings is 4. The third kappa shape index (κ3) is 4.18. The van der Waals surface area contributed by atoms with Gasteiger partial charge in [0.15, 0.2) is 5.82 Å². The number of aromatic nitrogens is 4. The van der Waals surface area contributed by atoms with Crippen LogP contribution in [0.4, 0.5) is 5.82 Å². The van der Waals surface area contributed by atoms with Gasteiger partial charge >= 0.3 is 0 Å². The van der Waals surface area contributed by atoms with Crippen LogP contribution in [0.5, 0.6) is 0 Å². The molecule has 8 rings (SSSR count). The van der Waals surface area contributed by atoms with Crippen LogP contribution in [-0.2, 0) is 19.6 Å². The zero-order chi connectivity index (χ0) is 27.9. The van der Waals surface area contributed by atoms with Crippen molar-refractivity contribution in [3.05, 3.63) is 151 Å². The fourth-order valence-corrected chi connectivity index (χ4v) is 6.26. The van der Waals surface area contributed by atoms with E-state index < -0.39 is 0 Å². The molecule has 0 aliphatic carbocycles. The normalized spacial score (nSPS) is 11.6. The van der Waals surface area contributed by atoms with Crippen molar-refractivity contribution < 1.29 is 0 Å².